The molecule has 0 aliphatic heterocycles. The molecule has 0 unspecified atom stereocenters. The lowest BCUT2D eigenvalue weighted by atomic mass is 10.1. The Balaban J connectivity index is 4.27. The van der Waals surface area contributed by atoms with Crippen LogP contribution in [0.15, 0.2) is 0 Å². The highest BCUT2D eigenvalue weighted by Crippen LogP contribution is 2.08. The average molecular weight is 241 g/mol. The van der Waals surface area contributed by atoms with E-state index in [1.54, 1.807) is 0 Å². The maximum atomic E-state index is 11.9. The molecule has 0 spiro atoms. The smallest absolute Gasteiger partial charge is 0.230 e. The number of hydrogen-bond donors (Lipinski definition) is 0. The molecule has 0 heterocycles. The summed E-state index contributed by atoms with van der Waals surface area (Å²) in [5.74, 6) is 1.11. The second kappa shape index (κ2) is 8.26. The Labute approximate surface area is 106 Å². The topological polar surface area (TPSA) is 37.4 Å². The van der Waals surface area contributed by atoms with Crippen LogP contribution < -0.4 is 0 Å². The van der Waals surface area contributed by atoms with Gasteiger partial charge in [0.15, 0.2) is 0 Å². The minimum absolute atomic E-state index is 0.0150. The highest BCUT2D eigenvalue weighted by molar-refractivity contribution is 5.96. The quantitative estimate of drug-likeness (QED) is 0.613. The maximum absolute atomic E-state index is 11.9. The van der Waals surface area contributed by atoms with Crippen LogP contribution in [0.25, 0.3) is 0 Å². The minimum Gasteiger partial charge on any atom is -0.342 e. The van der Waals surface area contributed by atoms with Gasteiger partial charge in [-0.2, -0.15) is 0 Å². The standard InChI is InChI=1S/C14H27NO2/c1-11(2)6-8-15(9-7-12(3)4)14(17)10-13(5)16/h11-12H,6-10H2,1-5H3. The summed E-state index contributed by atoms with van der Waals surface area (Å²) >= 11 is 0. The van der Waals surface area contributed by atoms with Crippen LogP contribution in [0.5, 0.6) is 0 Å². The summed E-state index contributed by atoms with van der Waals surface area (Å²) in [6.07, 6.45) is 2.06. The molecule has 100 valence electrons. The van der Waals surface area contributed by atoms with Crippen molar-refractivity contribution in [3.05, 3.63) is 0 Å². The van der Waals surface area contributed by atoms with Crippen molar-refractivity contribution in [2.75, 3.05) is 13.1 Å². The van der Waals surface area contributed by atoms with E-state index in [1.165, 1.54) is 6.92 Å². The van der Waals surface area contributed by atoms with Crippen molar-refractivity contribution in [1.82, 2.24) is 4.90 Å². The van der Waals surface area contributed by atoms with E-state index < -0.39 is 0 Å². The number of amides is 1. The highest BCUT2D eigenvalue weighted by atomic mass is 16.2. The summed E-state index contributed by atoms with van der Waals surface area (Å²) < 4.78 is 0. The number of Topliss-reactive ketones (excluding diaryl/α,β-unsaturated/α-hetero) is 1. The van der Waals surface area contributed by atoms with Crippen LogP contribution in [0.4, 0.5) is 0 Å². The van der Waals surface area contributed by atoms with Crippen molar-refractivity contribution >= 4 is 11.7 Å². The largest absolute Gasteiger partial charge is 0.342 e. The SMILES string of the molecule is CC(=O)CC(=O)N(CCC(C)C)CCC(C)C. The van der Waals surface area contributed by atoms with Crippen molar-refractivity contribution in [3.8, 4) is 0 Å². The number of carbonyl (C=O) groups excluding carboxylic acids is 2. The third-order valence-corrected chi connectivity index (χ3v) is 2.71. The Morgan fingerprint density at radius 3 is 1.65 bits per heavy atom. The lowest BCUT2D eigenvalue weighted by molar-refractivity contribution is -0.135. The Morgan fingerprint density at radius 2 is 1.35 bits per heavy atom. The van der Waals surface area contributed by atoms with E-state index >= 15 is 0 Å². The van der Waals surface area contributed by atoms with Crippen LogP contribution in [0.3, 0.4) is 0 Å². The summed E-state index contributed by atoms with van der Waals surface area (Å²) in [7, 11) is 0. The molecule has 0 aromatic rings. The molecule has 0 aliphatic rings. The molecule has 1 amide bonds. The average Bonchev–Trinajstić information content (AvgIpc) is 2.15. The molecule has 0 rings (SSSR count). The lowest BCUT2D eigenvalue weighted by Crippen LogP contribution is -2.35. The zero-order valence-electron chi connectivity index (χ0n) is 12.0. The van der Waals surface area contributed by atoms with Crippen LogP contribution >= 0.6 is 0 Å². The first-order valence-corrected chi connectivity index (χ1v) is 6.60. The Bertz CT molecular complexity index is 235. The van der Waals surface area contributed by atoms with Gasteiger partial charge in [-0.1, -0.05) is 27.7 Å². The van der Waals surface area contributed by atoms with E-state index in [1.807, 2.05) is 4.90 Å². The summed E-state index contributed by atoms with van der Waals surface area (Å²) in [4.78, 5) is 24.7. The number of carbonyl (C=O) groups is 2. The van der Waals surface area contributed by atoms with Crippen LogP contribution in [-0.2, 0) is 9.59 Å². The molecular formula is C14H27NO2. The summed E-state index contributed by atoms with van der Waals surface area (Å²) in [5, 5.41) is 0. The Hall–Kier alpha value is -0.860. The van der Waals surface area contributed by atoms with Gasteiger partial charge in [-0.25, -0.2) is 0 Å². The summed E-state index contributed by atoms with van der Waals surface area (Å²) in [5.41, 5.74) is 0. The summed E-state index contributed by atoms with van der Waals surface area (Å²) in [6.45, 7) is 11.6. The van der Waals surface area contributed by atoms with Crippen molar-refractivity contribution in [2.24, 2.45) is 11.8 Å². The van der Waals surface area contributed by atoms with Crippen LogP contribution in [0.2, 0.25) is 0 Å². The van der Waals surface area contributed by atoms with Gasteiger partial charge in [0.1, 0.15) is 5.78 Å². The van der Waals surface area contributed by atoms with Crippen LogP contribution in [0, 0.1) is 11.8 Å². The molecule has 0 atom stereocenters. The first-order valence-electron chi connectivity index (χ1n) is 6.60. The molecule has 0 aromatic heterocycles. The molecule has 0 aromatic carbocycles. The highest BCUT2D eigenvalue weighted by Gasteiger charge is 2.15. The Morgan fingerprint density at radius 1 is 0.941 bits per heavy atom. The molecule has 0 radical (unpaired) electrons. The fourth-order valence-corrected chi connectivity index (χ4v) is 1.51. The molecule has 3 heteroatoms. The zero-order chi connectivity index (χ0) is 13.4. The predicted octanol–water partition coefficient (Wildman–Crippen LogP) is 2.89. The maximum Gasteiger partial charge on any atom is 0.230 e. The number of nitrogens with zero attached hydrogens (tertiary/aromatic N) is 1. The van der Waals surface area contributed by atoms with Gasteiger partial charge in [-0.15, -0.1) is 0 Å². The fraction of sp³-hybridized carbons (Fsp3) is 0.857. The van der Waals surface area contributed by atoms with Gasteiger partial charge < -0.3 is 4.90 Å². The minimum atomic E-state index is -0.0471. The van der Waals surface area contributed by atoms with E-state index in [0.29, 0.717) is 11.8 Å². The van der Waals surface area contributed by atoms with E-state index in [9.17, 15) is 9.59 Å². The second-order valence-electron chi connectivity index (χ2n) is 5.62. The van der Waals surface area contributed by atoms with Gasteiger partial charge in [0.25, 0.3) is 0 Å². The monoisotopic (exact) mass is 241 g/mol. The number of hydrogen-bond acceptors (Lipinski definition) is 2. The second-order valence-corrected chi connectivity index (χ2v) is 5.62. The predicted molar refractivity (Wildman–Crippen MR) is 70.8 cm³/mol. The molecule has 0 aliphatic carbocycles. The van der Waals surface area contributed by atoms with Gasteiger partial charge in [-0.3, -0.25) is 9.59 Å². The van der Waals surface area contributed by atoms with Crippen molar-refractivity contribution in [2.45, 2.75) is 53.9 Å². The van der Waals surface area contributed by atoms with Crippen LogP contribution in [0.1, 0.15) is 53.9 Å². The van der Waals surface area contributed by atoms with Gasteiger partial charge in [0, 0.05) is 13.1 Å². The van der Waals surface area contributed by atoms with Gasteiger partial charge in [0.05, 0.1) is 6.42 Å². The number of rotatable bonds is 8. The van der Waals surface area contributed by atoms with Gasteiger partial charge in [0.2, 0.25) is 5.91 Å². The lowest BCUT2D eigenvalue weighted by Gasteiger charge is -2.24. The molecular weight excluding hydrogens is 214 g/mol. The molecule has 0 fully saturated rings. The fourth-order valence-electron chi connectivity index (χ4n) is 1.51. The number of ketones is 1. The van der Waals surface area contributed by atoms with Crippen molar-refractivity contribution in [3.63, 3.8) is 0 Å². The first kappa shape index (κ1) is 16.1. The van der Waals surface area contributed by atoms with Crippen LogP contribution in [-0.4, -0.2) is 29.7 Å². The van der Waals surface area contributed by atoms with Gasteiger partial charge in [-0.05, 0) is 31.6 Å². The first-order chi connectivity index (χ1) is 7.82. The summed E-state index contributed by atoms with van der Waals surface area (Å²) in [6, 6.07) is 0. The van der Waals surface area contributed by atoms with Crippen molar-refractivity contribution in [1.29, 1.82) is 0 Å². The molecule has 0 saturated heterocycles. The molecule has 3 nitrogen and oxygen atoms in total. The molecule has 17 heavy (non-hydrogen) atoms. The van der Waals surface area contributed by atoms with E-state index in [2.05, 4.69) is 27.7 Å². The normalized spacial score (nSPS) is 11.0. The van der Waals surface area contributed by atoms with E-state index in [0.717, 1.165) is 25.9 Å². The van der Waals surface area contributed by atoms with Gasteiger partial charge >= 0.3 is 0 Å². The van der Waals surface area contributed by atoms with E-state index in [4.69, 9.17) is 0 Å². The third-order valence-electron chi connectivity index (χ3n) is 2.71. The molecule has 0 saturated carbocycles. The zero-order valence-corrected chi connectivity index (χ0v) is 12.0. The van der Waals surface area contributed by atoms with E-state index in [-0.39, 0.29) is 18.1 Å². The Kier molecular flexibility index (Phi) is 7.85. The molecule has 0 bridgehead atoms. The molecule has 0 N–H and O–H groups in total. The van der Waals surface area contributed by atoms with Crippen molar-refractivity contribution < 1.29 is 9.59 Å². The third kappa shape index (κ3) is 8.90.